The minimum atomic E-state index is -0.787. The molecule has 0 aromatic heterocycles. The number of carbonyl (C=O) groups excluding carboxylic acids is 1. The summed E-state index contributed by atoms with van der Waals surface area (Å²) in [5, 5.41) is 0. The Hall–Kier alpha value is -1.51. The van der Waals surface area contributed by atoms with Crippen molar-refractivity contribution in [2.24, 2.45) is 0 Å². The molecule has 0 saturated heterocycles. The van der Waals surface area contributed by atoms with E-state index < -0.39 is 4.33 Å². The van der Waals surface area contributed by atoms with Crippen molar-refractivity contribution in [1.29, 1.82) is 0 Å². The van der Waals surface area contributed by atoms with Crippen molar-refractivity contribution in [2.75, 3.05) is 0 Å². The van der Waals surface area contributed by atoms with Gasteiger partial charge >= 0.3 is 5.97 Å². The van der Waals surface area contributed by atoms with Crippen LogP contribution in [-0.2, 0) is 4.79 Å². The summed E-state index contributed by atoms with van der Waals surface area (Å²) in [4.78, 5) is 10.9. The van der Waals surface area contributed by atoms with E-state index in [0.29, 0.717) is 5.75 Å². The maximum absolute atomic E-state index is 10.9. The summed E-state index contributed by atoms with van der Waals surface area (Å²) in [5.41, 5.74) is 2.18. The zero-order valence-electron chi connectivity index (χ0n) is 11.4. The molecule has 0 spiro atoms. The fourth-order valence-electron chi connectivity index (χ4n) is 2.73. The molecule has 1 saturated carbocycles. The predicted molar refractivity (Wildman–Crippen MR) is 84.1 cm³/mol. The topological polar surface area (TPSA) is 26.3 Å². The highest BCUT2D eigenvalue weighted by atomic mass is 35.5. The molecule has 0 radical (unpaired) electrons. The average Bonchev–Trinajstić information content (AvgIpc) is 3.03. The Labute approximate surface area is 133 Å². The van der Waals surface area contributed by atoms with Crippen LogP contribution in [0.5, 0.6) is 5.75 Å². The van der Waals surface area contributed by atoms with Crippen molar-refractivity contribution in [1.82, 2.24) is 0 Å². The van der Waals surface area contributed by atoms with Gasteiger partial charge in [-0.05, 0) is 23.3 Å². The third-order valence-electron chi connectivity index (χ3n) is 3.71. The molecule has 0 amide bonds. The first-order valence-electron chi connectivity index (χ1n) is 6.71. The van der Waals surface area contributed by atoms with Crippen LogP contribution in [0, 0.1) is 0 Å². The van der Waals surface area contributed by atoms with Crippen LogP contribution in [0.1, 0.15) is 29.9 Å². The fourth-order valence-corrected chi connectivity index (χ4v) is 3.61. The molecule has 0 N–H and O–H groups in total. The van der Waals surface area contributed by atoms with Gasteiger partial charge in [-0.2, -0.15) is 0 Å². The zero-order valence-corrected chi connectivity index (χ0v) is 12.9. The molecule has 0 heterocycles. The smallest absolute Gasteiger partial charge is 0.308 e. The highest BCUT2D eigenvalue weighted by Gasteiger charge is 2.64. The lowest BCUT2D eigenvalue weighted by Gasteiger charge is -2.04. The van der Waals surface area contributed by atoms with Crippen LogP contribution < -0.4 is 4.74 Å². The molecule has 1 aliphatic rings. The summed E-state index contributed by atoms with van der Waals surface area (Å²) in [6, 6.07) is 17.4. The van der Waals surface area contributed by atoms with E-state index in [9.17, 15) is 4.79 Å². The van der Waals surface area contributed by atoms with Gasteiger partial charge in [0.05, 0.1) is 0 Å². The Morgan fingerprint density at radius 2 is 1.48 bits per heavy atom. The summed E-state index contributed by atoms with van der Waals surface area (Å²) in [5.74, 6) is 0.328. The molecule has 21 heavy (non-hydrogen) atoms. The normalized spacial score (nSPS) is 22.6. The highest BCUT2D eigenvalue weighted by molar-refractivity contribution is 6.52. The van der Waals surface area contributed by atoms with Gasteiger partial charge in [-0.15, -0.1) is 23.2 Å². The molecule has 2 nitrogen and oxygen atoms in total. The summed E-state index contributed by atoms with van der Waals surface area (Å²) in [7, 11) is 0. The molecule has 2 aromatic carbocycles. The number of ether oxygens (including phenoxy) is 1. The molecule has 3 rings (SSSR count). The summed E-state index contributed by atoms with van der Waals surface area (Å²) in [6.07, 6.45) is 0. The number of rotatable bonds is 3. The molecule has 2 atom stereocenters. The van der Waals surface area contributed by atoms with E-state index in [-0.39, 0.29) is 17.8 Å². The zero-order chi connectivity index (χ0) is 15.0. The van der Waals surface area contributed by atoms with Gasteiger partial charge in [0, 0.05) is 18.8 Å². The number of alkyl halides is 2. The summed E-state index contributed by atoms with van der Waals surface area (Å²) < 4.78 is 4.24. The molecular formula is C17H14Cl2O2. The van der Waals surface area contributed by atoms with Crippen molar-refractivity contribution < 1.29 is 9.53 Å². The molecule has 108 valence electrons. The van der Waals surface area contributed by atoms with Gasteiger partial charge in [-0.1, -0.05) is 42.5 Å². The van der Waals surface area contributed by atoms with Crippen molar-refractivity contribution in [3.63, 3.8) is 0 Å². The largest absolute Gasteiger partial charge is 0.427 e. The maximum Gasteiger partial charge on any atom is 0.308 e. The lowest BCUT2D eigenvalue weighted by atomic mass is 10.0. The first kappa shape index (κ1) is 14.4. The van der Waals surface area contributed by atoms with Crippen LogP contribution in [0.25, 0.3) is 0 Å². The van der Waals surface area contributed by atoms with Crippen LogP contribution in [0.15, 0.2) is 54.6 Å². The summed E-state index contributed by atoms with van der Waals surface area (Å²) >= 11 is 12.9. The van der Waals surface area contributed by atoms with Crippen LogP contribution in [0.2, 0.25) is 0 Å². The van der Waals surface area contributed by atoms with E-state index in [1.54, 1.807) is 12.1 Å². The lowest BCUT2D eigenvalue weighted by molar-refractivity contribution is -0.131. The Balaban J connectivity index is 1.83. The van der Waals surface area contributed by atoms with Gasteiger partial charge in [-0.3, -0.25) is 4.79 Å². The third-order valence-corrected chi connectivity index (χ3v) is 4.65. The van der Waals surface area contributed by atoms with E-state index in [1.165, 1.54) is 6.92 Å². The van der Waals surface area contributed by atoms with Gasteiger partial charge in [0.1, 0.15) is 10.1 Å². The van der Waals surface area contributed by atoms with Crippen molar-refractivity contribution in [3.8, 4) is 5.75 Å². The number of carbonyl (C=O) groups is 1. The quantitative estimate of drug-likeness (QED) is 0.467. The Morgan fingerprint density at radius 1 is 0.952 bits per heavy atom. The van der Waals surface area contributed by atoms with Gasteiger partial charge in [0.2, 0.25) is 0 Å². The van der Waals surface area contributed by atoms with E-state index in [4.69, 9.17) is 27.9 Å². The molecule has 1 aliphatic carbocycles. The van der Waals surface area contributed by atoms with Crippen molar-refractivity contribution in [2.45, 2.75) is 23.1 Å². The average molecular weight is 321 g/mol. The number of halogens is 2. The molecule has 0 aliphatic heterocycles. The van der Waals surface area contributed by atoms with Gasteiger partial charge in [0.15, 0.2) is 0 Å². The van der Waals surface area contributed by atoms with E-state index in [0.717, 1.165) is 11.1 Å². The fraction of sp³-hybridized carbons (Fsp3) is 0.235. The summed E-state index contributed by atoms with van der Waals surface area (Å²) in [6.45, 7) is 1.38. The van der Waals surface area contributed by atoms with Crippen LogP contribution >= 0.6 is 23.2 Å². The van der Waals surface area contributed by atoms with E-state index in [1.807, 2.05) is 42.5 Å². The monoisotopic (exact) mass is 320 g/mol. The van der Waals surface area contributed by atoms with E-state index in [2.05, 4.69) is 0 Å². The minimum absolute atomic E-state index is 0.0506. The first-order valence-corrected chi connectivity index (χ1v) is 7.47. The molecular weight excluding hydrogens is 307 g/mol. The number of esters is 1. The van der Waals surface area contributed by atoms with Crippen LogP contribution in [-0.4, -0.2) is 10.3 Å². The van der Waals surface area contributed by atoms with Crippen LogP contribution in [0.3, 0.4) is 0 Å². The molecule has 4 heteroatoms. The minimum Gasteiger partial charge on any atom is -0.427 e. The Kier molecular flexibility index (Phi) is 3.68. The van der Waals surface area contributed by atoms with E-state index >= 15 is 0 Å². The SMILES string of the molecule is CC(=O)Oc1ccc([C@H]2[C@H](c3ccccc3)C2(Cl)Cl)cc1. The number of hydrogen-bond acceptors (Lipinski definition) is 2. The Morgan fingerprint density at radius 3 is 2.00 bits per heavy atom. The third kappa shape index (κ3) is 2.78. The molecule has 0 bridgehead atoms. The second-order valence-corrected chi connectivity index (χ2v) is 6.65. The van der Waals surface area contributed by atoms with Crippen molar-refractivity contribution in [3.05, 3.63) is 65.7 Å². The highest BCUT2D eigenvalue weighted by Crippen LogP contribution is 2.70. The van der Waals surface area contributed by atoms with Gasteiger partial charge < -0.3 is 4.74 Å². The van der Waals surface area contributed by atoms with Gasteiger partial charge in [-0.25, -0.2) is 0 Å². The lowest BCUT2D eigenvalue weighted by Crippen LogP contribution is -2.01. The Bertz CT molecular complexity index is 650. The number of hydrogen-bond donors (Lipinski definition) is 0. The molecule has 1 fully saturated rings. The standard InChI is InChI=1S/C17H14Cl2O2/c1-11(20)21-14-9-7-13(8-10-14)16-15(17(16,18)19)12-5-3-2-4-6-12/h2-10,15-16H,1H3/t15-,16-/m0/s1. The molecule has 2 aromatic rings. The second kappa shape index (κ2) is 5.36. The first-order chi connectivity index (χ1) is 10.00. The maximum atomic E-state index is 10.9. The molecule has 0 unspecified atom stereocenters. The van der Waals surface area contributed by atoms with Crippen molar-refractivity contribution >= 4 is 29.2 Å². The number of benzene rings is 2. The predicted octanol–water partition coefficient (Wildman–Crippen LogP) is 4.67. The van der Waals surface area contributed by atoms with Gasteiger partial charge in [0.25, 0.3) is 0 Å². The van der Waals surface area contributed by atoms with Crippen LogP contribution in [0.4, 0.5) is 0 Å². The second-order valence-electron chi connectivity index (χ2n) is 5.20.